The monoisotopic (exact) mass is 183 g/mol. The quantitative estimate of drug-likeness (QED) is 0.690. The molecule has 1 aromatic heterocycles. The van der Waals surface area contributed by atoms with Crippen LogP contribution in [0.15, 0.2) is 6.20 Å². The summed E-state index contributed by atoms with van der Waals surface area (Å²) in [6.07, 6.45) is 3.18. The zero-order chi connectivity index (χ0) is 9.68. The molecule has 1 rings (SSSR count). The van der Waals surface area contributed by atoms with E-state index in [1.807, 2.05) is 24.7 Å². The molecule has 0 bridgehead atoms. The van der Waals surface area contributed by atoms with E-state index < -0.39 is 0 Å². The first kappa shape index (κ1) is 10.2. The van der Waals surface area contributed by atoms with Crippen LogP contribution < -0.4 is 0 Å². The van der Waals surface area contributed by atoms with Gasteiger partial charge < -0.3 is 4.74 Å². The SMILES string of the molecule is CCc1cn(CCOC(C)C)nn1. The Balaban J connectivity index is 2.28. The molecule has 0 fully saturated rings. The first-order valence-corrected chi connectivity index (χ1v) is 4.73. The molecule has 1 aromatic rings. The van der Waals surface area contributed by atoms with Crippen LogP contribution in [0.3, 0.4) is 0 Å². The molecule has 0 radical (unpaired) electrons. The van der Waals surface area contributed by atoms with E-state index in [0.29, 0.717) is 6.61 Å². The molecular weight excluding hydrogens is 166 g/mol. The molecule has 0 spiro atoms. The van der Waals surface area contributed by atoms with Crippen molar-refractivity contribution in [3.63, 3.8) is 0 Å². The van der Waals surface area contributed by atoms with E-state index in [9.17, 15) is 0 Å². The summed E-state index contributed by atoms with van der Waals surface area (Å²) in [7, 11) is 0. The highest BCUT2D eigenvalue weighted by Gasteiger charge is 1.98. The zero-order valence-electron chi connectivity index (χ0n) is 8.53. The van der Waals surface area contributed by atoms with Crippen LogP contribution in [0.5, 0.6) is 0 Å². The van der Waals surface area contributed by atoms with Crippen molar-refractivity contribution >= 4 is 0 Å². The normalized spacial score (nSPS) is 11.1. The Morgan fingerprint density at radius 2 is 2.31 bits per heavy atom. The van der Waals surface area contributed by atoms with Crippen molar-refractivity contribution in [3.05, 3.63) is 11.9 Å². The average Bonchev–Trinajstić information content (AvgIpc) is 2.52. The van der Waals surface area contributed by atoms with Gasteiger partial charge in [-0.2, -0.15) is 0 Å². The molecule has 0 aromatic carbocycles. The molecule has 4 heteroatoms. The van der Waals surface area contributed by atoms with Gasteiger partial charge in [0.2, 0.25) is 0 Å². The van der Waals surface area contributed by atoms with Gasteiger partial charge in [0.25, 0.3) is 0 Å². The smallest absolute Gasteiger partial charge is 0.0824 e. The standard InChI is InChI=1S/C9H17N3O/c1-4-9-7-12(11-10-9)5-6-13-8(2)3/h7-8H,4-6H2,1-3H3. The average molecular weight is 183 g/mol. The van der Waals surface area contributed by atoms with Crippen molar-refractivity contribution in [2.24, 2.45) is 0 Å². The molecule has 1 heterocycles. The van der Waals surface area contributed by atoms with Crippen molar-refractivity contribution in [2.45, 2.75) is 39.8 Å². The summed E-state index contributed by atoms with van der Waals surface area (Å²) in [6.45, 7) is 7.60. The number of hydrogen-bond donors (Lipinski definition) is 0. The van der Waals surface area contributed by atoms with Crippen LogP contribution >= 0.6 is 0 Å². The summed E-state index contributed by atoms with van der Waals surface area (Å²) >= 11 is 0. The molecule has 0 amide bonds. The number of rotatable bonds is 5. The second-order valence-corrected chi connectivity index (χ2v) is 3.25. The van der Waals surface area contributed by atoms with Crippen molar-refractivity contribution in [3.8, 4) is 0 Å². The Labute approximate surface area is 78.9 Å². The van der Waals surface area contributed by atoms with Crippen molar-refractivity contribution < 1.29 is 4.74 Å². The van der Waals surface area contributed by atoms with E-state index in [-0.39, 0.29) is 6.10 Å². The number of aryl methyl sites for hydroxylation is 1. The Morgan fingerprint density at radius 1 is 1.54 bits per heavy atom. The molecule has 0 saturated heterocycles. The summed E-state index contributed by atoms with van der Waals surface area (Å²) in [4.78, 5) is 0. The molecule has 0 saturated carbocycles. The van der Waals surface area contributed by atoms with Crippen molar-refractivity contribution in [1.82, 2.24) is 15.0 Å². The third kappa shape index (κ3) is 3.55. The first-order chi connectivity index (χ1) is 6.22. The highest BCUT2D eigenvalue weighted by Crippen LogP contribution is 1.94. The predicted octanol–water partition coefficient (Wildman–Crippen LogP) is 1.27. The minimum atomic E-state index is 0.286. The fourth-order valence-corrected chi connectivity index (χ4v) is 0.992. The molecule has 0 aliphatic rings. The molecule has 0 aliphatic heterocycles. The lowest BCUT2D eigenvalue weighted by Gasteiger charge is -2.06. The second kappa shape index (κ2) is 4.97. The number of ether oxygens (including phenoxy) is 1. The maximum atomic E-state index is 5.40. The lowest BCUT2D eigenvalue weighted by Crippen LogP contribution is -2.10. The van der Waals surface area contributed by atoms with E-state index in [1.165, 1.54) is 0 Å². The molecular formula is C9H17N3O. The predicted molar refractivity (Wildman–Crippen MR) is 50.5 cm³/mol. The maximum absolute atomic E-state index is 5.40. The molecule has 0 atom stereocenters. The minimum absolute atomic E-state index is 0.286. The van der Waals surface area contributed by atoms with Crippen molar-refractivity contribution in [1.29, 1.82) is 0 Å². The van der Waals surface area contributed by atoms with E-state index in [1.54, 1.807) is 0 Å². The maximum Gasteiger partial charge on any atom is 0.0824 e. The molecule has 0 N–H and O–H groups in total. The third-order valence-corrected chi connectivity index (χ3v) is 1.72. The van der Waals surface area contributed by atoms with Crippen LogP contribution in [0, 0.1) is 0 Å². The third-order valence-electron chi connectivity index (χ3n) is 1.72. The summed E-state index contributed by atoms with van der Waals surface area (Å²) < 4.78 is 7.22. The Hall–Kier alpha value is -0.900. The molecule has 0 aliphatic carbocycles. The summed E-state index contributed by atoms with van der Waals surface area (Å²) in [5, 5.41) is 7.96. The van der Waals surface area contributed by atoms with E-state index in [0.717, 1.165) is 18.7 Å². The fourth-order valence-electron chi connectivity index (χ4n) is 0.992. The van der Waals surface area contributed by atoms with Crippen LogP contribution in [0.2, 0.25) is 0 Å². The molecule has 13 heavy (non-hydrogen) atoms. The van der Waals surface area contributed by atoms with Gasteiger partial charge in [-0.15, -0.1) is 5.10 Å². The summed E-state index contributed by atoms with van der Waals surface area (Å²) in [5.74, 6) is 0. The Morgan fingerprint density at radius 3 is 2.85 bits per heavy atom. The van der Waals surface area contributed by atoms with Crippen LogP contribution in [-0.4, -0.2) is 27.7 Å². The highest BCUT2D eigenvalue weighted by molar-refractivity contribution is 4.90. The summed E-state index contributed by atoms with van der Waals surface area (Å²) in [5.41, 5.74) is 1.03. The number of nitrogens with zero attached hydrogens (tertiary/aromatic N) is 3. The molecule has 4 nitrogen and oxygen atoms in total. The van der Waals surface area contributed by atoms with Gasteiger partial charge in [-0.3, -0.25) is 0 Å². The van der Waals surface area contributed by atoms with Crippen LogP contribution in [-0.2, 0) is 17.7 Å². The first-order valence-electron chi connectivity index (χ1n) is 4.73. The van der Waals surface area contributed by atoms with Crippen molar-refractivity contribution in [2.75, 3.05) is 6.61 Å². The van der Waals surface area contributed by atoms with Crippen LogP contribution in [0.1, 0.15) is 26.5 Å². The minimum Gasteiger partial charge on any atom is -0.377 e. The number of aromatic nitrogens is 3. The van der Waals surface area contributed by atoms with Gasteiger partial charge in [0, 0.05) is 6.20 Å². The fraction of sp³-hybridized carbons (Fsp3) is 0.778. The molecule has 0 unspecified atom stereocenters. The Bertz CT molecular complexity index is 245. The topological polar surface area (TPSA) is 39.9 Å². The number of hydrogen-bond acceptors (Lipinski definition) is 3. The van der Waals surface area contributed by atoms with Gasteiger partial charge in [0.15, 0.2) is 0 Å². The zero-order valence-corrected chi connectivity index (χ0v) is 8.53. The van der Waals surface area contributed by atoms with Crippen LogP contribution in [0.25, 0.3) is 0 Å². The van der Waals surface area contributed by atoms with Gasteiger partial charge in [-0.05, 0) is 20.3 Å². The lowest BCUT2D eigenvalue weighted by molar-refractivity contribution is 0.0707. The van der Waals surface area contributed by atoms with E-state index >= 15 is 0 Å². The van der Waals surface area contributed by atoms with Gasteiger partial charge in [0.05, 0.1) is 24.9 Å². The summed E-state index contributed by atoms with van der Waals surface area (Å²) in [6, 6.07) is 0. The largest absolute Gasteiger partial charge is 0.377 e. The van der Waals surface area contributed by atoms with Gasteiger partial charge in [0.1, 0.15) is 0 Å². The van der Waals surface area contributed by atoms with Gasteiger partial charge in [-0.25, -0.2) is 4.68 Å². The second-order valence-electron chi connectivity index (χ2n) is 3.25. The van der Waals surface area contributed by atoms with Gasteiger partial charge >= 0.3 is 0 Å². The van der Waals surface area contributed by atoms with E-state index in [4.69, 9.17) is 4.74 Å². The van der Waals surface area contributed by atoms with Gasteiger partial charge in [-0.1, -0.05) is 12.1 Å². The van der Waals surface area contributed by atoms with E-state index in [2.05, 4.69) is 17.2 Å². The Kier molecular flexibility index (Phi) is 3.89. The lowest BCUT2D eigenvalue weighted by atomic mass is 10.4. The molecule has 74 valence electrons. The van der Waals surface area contributed by atoms with Crippen LogP contribution in [0.4, 0.5) is 0 Å². The highest BCUT2D eigenvalue weighted by atomic mass is 16.5.